The molecule has 0 aromatic carbocycles. The summed E-state index contributed by atoms with van der Waals surface area (Å²) in [4.78, 5) is 0. The van der Waals surface area contributed by atoms with Crippen LogP contribution in [0.4, 0.5) is 0 Å². The summed E-state index contributed by atoms with van der Waals surface area (Å²) in [5.74, 6) is 1.56. The zero-order valence-corrected chi connectivity index (χ0v) is 11.8. The van der Waals surface area contributed by atoms with Gasteiger partial charge < -0.3 is 5.32 Å². The van der Waals surface area contributed by atoms with Crippen molar-refractivity contribution in [1.82, 2.24) is 5.32 Å². The third kappa shape index (κ3) is 8.10. The van der Waals surface area contributed by atoms with Crippen molar-refractivity contribution in [2.75, 3.05) is 12.4 Å². The average molecular weight is 234 g/mol. The fourth-order valence-corrected chi connectivity index (χ4v) is 1.96. The van der Waals surface area contributed by atoms with Gasteiger partial charge in [0.15, 0.2) is 0 Å². The highest BCUT2D eigenvalue weighted by Gasteiger charge is 2.22. The molecule has 0 aliphatic heterocycles. The normalized spacial score (nSPS) is 14.6. The van der Waals surface area contributed by atoms with Crippen molar-refractivity contribution < 1.29 is 0 Å². The quantitative estimate of drug-likeness (QED) is 0.517. The van der Waals surface area contributed by atoms with E-state index < -0.39 is 0 Å². The lowest BCUT2D eigenvalue weighted by Gasteiger charge is -2.31. The molecule has 1 unspecified atom stereocenters. The Morgan fingerprint density at radius 1 is 1.13 bits per heavy atom. The van der Waals surface area contributed by atoms with Gasteiger partial charge in [-0.3, -0.25) is 0 Å². The lowest BCUT2D eigenvalue weighted by Crippen LogP contribution is -2.41. The van der Waals surface area contributed by atoms with Gasteiger partial charge >= 0.3 is 0 Å². The molecule has 0 fully saturated rings. The van der Waals surface area contributed by atoms with Crippen LogP contribution >= 0.6 is 11.6 Å². The maximum absolute atomic E-state index is 5.83. The van der Waals surface area contributed by atoms with Crippen molar-refractivity contribution in [3.63, 3.8) is 0 Å². The fraction of sp³-hybridized carbons (Fsp3) is 1.00. The lowest BCUT2D eigenvalue weighted by molar-refractivity contribution is 0.260. The second-order valence-electron chi connectivity index (χ2n) is 5.89. The zero-order chi connectivity index (χ0) is 11.9. The number of hydrogen-bond donors (Lipinski definition) is 1. The van der Waals surface area contributed by atoms with E-state index in [1.807, 2.05) is 0 Å². The van der Waals surface area contributed by atoms with E-state index in [0.717, 1.165) is 24.8 Å². The van der Waals surface area contributed by atoms with Crippen molar-refractivity contribution in [3.05, 3.63) is 0 Å². The highest BCUT2D eigenvalue weighted by atomic mass is 35.5. The summed E-state index contributed by atoms with van der Waals surface area (Å²) in [7, 11) is 0. The lowest BCUT2D eigenvalue weighted by atomic mass is 9.85. The summed E-state index contributed by atoms with van der Waals surface area (Å²) < 4.78 is 0. The zero-order valence-electron chi connectivity index (χ0n) is 11.1. The molecule has 0 rings (SSSR count). The Morgan fingerprint density at radius 2 is 1.73 bits per heavy atom. The Labute approximate surface area is 101 Å². The number of alkyl halides is 1. The van der Waals surface area contributed by atoms with Crippen LogP contribution in [-0.2, 0) is 0 Å². The minimum Gasteiger partial charge on any atom is -0.313 e. The number of rotatable bonds is 7. The molecule has 92 valence electrons. The predicted molar refractivity (Wildman–Crippen MR) is 70.7 cm³/mol. The molecule has 0 aromatic rings. The van der Waals surface area contributed by atoms with Crippen molar-refractivity contribution in [3.8, 4) is 0 Å². The third-order valence-corrected chi connectivity index (χ3v) is 3.01. The number of hydrogen-bond acceptors (Lipinski definition) is 1. The smallest absolute Gasteiger partial charge is 0.0238 e. The van der Waals surface area contributed by atoms with Gasteiger partial charge in [-0.2, -0.15) is 0 Å². The van der Waals surface area contributed by atoms with Gasteiger partial charge in [-0.05, 0) is 37.1 Å². The van der Waals surface area contributed by atoms with E-state index in [1.165, 1.54) is 12.8 Å². The van der Waals surface area contributed by atoms with Gasteiger partial charge in [0.25, 0.3) is 0 Å². The first-order valence-corrected chi connectivity index (χ1v) is 6.70. The molecule has 0 radical (unpaired) electrons. The molecule has 0 aliphatic carbocycles. The van der Waals surface area contributed by atoms with Crippen LogP contribution in [-0.4, -0.2) is 18.5 Å². The molecular weight excluding hydrogens is 206 g/mol. The van der Waals surface area contributed by atoms with Gasteiger partial charge in [-0.1, -0.05) is 34.6 Å². The Kier molecular flexibility index (Phi) is 7.64. The summed E-state index contributed by atoms with van der Waals surface area (Å²) in [5.41, 5.74) is 0.312. The van der Waals surface area contributed by atoms with Crippen LogP contribution in [0.25, 0.3) is 0 Å². The molecular formula is C13H28ClN. The molecule has 0 amide bonds. The summed E-state index contributed by atoms with van der Waals surface area (Å²) >= 11 is 5.83. The molecule has 2 heteroatoms. The van der Waals surface area contributed by atoms with Crippen LogP contribution in [0.15, 0.2) is 0 Å². The van der Waals surface area contributed by atoms with Crippen LogP contribution in [0.2, 0.25) is 0 Å². The van der Waals surface area contributed by atoms with E-state index in [2.05, 4.69) is 39.9 Å². The van der Waals surface area contributed by atoms with Gasteiger partial charge in [-0.15, -0.1) is 11.6 Å². The molecule has 0 saturated heterocycles. The first-order chi connectivity index (χ1) is 6.88. The highest BCUT2D eigenvalue weighted by Crippen LogP contribution is 2.22. The average Bonchev–Trinajstić information content (AvgIpc) is 2.08. The van der Waals surface area contributed by atoms with Crippen molar-refractivity contribution in [2.45, 2.75) is 59.9 Å². The highest BCUT2D eigenvalue weighted by molar-refractivity contribution is 6.17. The monoisotopic (exact) mass is 233 g/mol. The van der Waals surface area contributed by atoms with Gasteiger partial charge in [0.05, 0.1) is 0 Å². The Bertz CT molecular complexity index is 149. The molecule has 1 nitrogen and oxygen atoms in total. The first kappa shape index (κ1) is 15.2. The van der Waals surface area contributed by atoms with E-state index in [4.69, 9.17) is 11.6 Å². The standard InChI is InChI=1S/C13H28ClN/c1-11(2)7-6-10-15-12(8-9-14)13(3,4)5/h11-12,15H,6-10H2,1-5H3. The summed E-state index contributed by atoms with van der Waals surface area (Å²) in [6, 6.07) is 0.544. The van der Waals surface area contributed by atoms with Crippen LogP contribution in [0.3, 0.4) is 0 Å². The van der Waals surface area contributed by atoms with E-state index in [1.54, 1.807) is 0 Å². The maximum Gasteiger partial charge on any atom is 0.0238 e. The molecule has 0 spiro atoms. The Balaban J connectivity index is 3.77. The molecule has 0 heterocycles. The molecule has 15 heavy (non-hydrogen) atoms. The minimum absolute atomic E-state index is 0.312. The van der Waals surface area contributed by atoms with Gasteiger partial charge in [0.1, 0.15) is 0 Å². The van der Waals surface area contributed by atoms with E-state index >= 15 is 0 Å². The van der Waals surface area contributed by atoms with Crippen LogP contribution in [0.5, 0.6) is 0 Å². The van der Waals surface area contributed by atoms with Crippen molar-refractivity contribution in [1.29, 1.82) is 0 Å². The molecule has 1 N–H and O–H groups in total. The fourth-order valence-electron chi connectivity index (χ4n) is 1.74. The second kappa shape index (κ2) is 7.51. The van der Waals surface area contributed by atoms with Crippen LogP contribution in [0.1, 0.15) is 53.9 Å². The van der Waals surface area contributed by atoms with Gasteiger partial charge in [0.2, 0.25) is 0 Å². The SMILES string of the molecule is CC(C)CCCNC(CCCl)C(C)(C)C. The van der Waals surface area contributed by atoms with Gasteiger partial charge in [-0.25, -0.2) is 0 Å². The summed E-state index contributed by atoms with van der Waals surface area (Å²) in [5, 5.41) is 3.63. The second-order valence-corrected chi connectivity index (χ2v) is 6.26. The molecule has 0 saturated carbocycles. The maximum atomic E-state index is 5.83. The predicted octanol–water partition coefficient (Wildman–Crippen LogP) is 4.06. The summed E-state index contributed by atoms with van der Waals surface area (Å²) in [6.07, 6.45) is 3.64. The van der Waals surface area contributed by atoms with E-state index in [-0.39, 0.29) is 0 Å². The number of halogens is 1. The summed E-state index contributed by atoms with van der Waals surface area (Å²) in [6.45, 7) is 12.5. The molecule has 0 aliphatic rings. The topological polar surface area (TPSA) is 12.0 Å². The Hall–Kier alpha value is 0.250. The minimum atomic E-state index is 0.312. The van der Waals surface area contributed by atoms with Gasteiger partial charge in [0, 0.05) is 11.9 Å². The molecule has 0 bridgehead atoms. The number of nitrogens with one attached hydrogen (secondary N) is 1. The van der Waals surface area contributed by atoms with E-state index in [0.29, 0.717) is 11.5 Å². The largest absolute Gasteiger partial charge is 0.313 e. The van der Waals surface area contributed by atoms with E-state index in [9.17, 15) is 0 Å². The third-order valence-electron chi connectivity index (χ3n) is 2.79. The van der Waals surface area contributed by atoms with Crippen molar-refractivity contribution >= 4 is 11.6 Å². The first-order valence-electron chi connectivity index (χ1n) is 6.17. The molecule has 0 aromatic heterocycles. The van der Waals surface area contributed by atoms with Crippen LogP contribution in [0, 0.1) is 11.3 Å². The van der Waals surface area contributed by atoms with Crippen molar-refractivity contribution in [2.24, 2.45) is 11.3 Å². The van der Waals surface area contributed by atoms with Crippen LogP contribution < -0.4 is 5.32 Å². The Morgan fingerprint density at radius 3 is 2.13 bits per heavy atom. The molecule has 1 atom stereocenters.